The summed E-state index contributed by atoms with van der Waals surface area (Å²) in [7, 11) is 0. The molecule has 126 valence electrons. The molecule has 0 aliphatic carbocycles. The van der Waals surface area contributed by atoms with Crippen LogP contribution in [0.4, 0.5) is 8.78 Å². The first kappa shape index (κ1) is 16.4. The van der Waals surface area contributed by atoms with Crippen LogP contribution in [0.2, 0.25) is 0 Å². The van der Waals surface area contributed by atoms with Crippen molar-refractivity contribution in [2.75, 3.05) is 13.2 Å². The van der Waals surface area contributed by atoms with Crippen LogP contribution >= 0.6 is 0 Å². The van der Waals surface area contributed by atoms with Crippen LogP contribution in [0.25, 0.3) is 0 Å². The zero-order chi connectivity index (χ0) is 16.9. The molecule has 0 bridgehead atoms. The van der Waals surface area contributed by atoms with Gasteiger partial charge in [0, 0.05) is 0 Å². The Kier molecular flexibility index (Phi) is 5.08. The van der Waals surface area contributed by atoms with E-state index in [1.54, 1.807) is 0 Å². The van der Waals surface area contributed by atoms with Gasteiger partial charge in [-0.2, -0.15) is 0 Å². The van der Waals surface area contributed by atoms with E-state index in [1.165, 1.54) is 18.2 Å². The molecule has 0 fully saturated rings. The van der Waals surface area contributed by atoms with Gasteiger partial charge in [-0.25, -0.2) is 13.8 Å². The lowest BCUT2D eigenvalue weighted by molar-refractivity contribution is 0.308. The Labute approximate surface area is 139 Å². The highest BCUT2D eigenvalue weighted by molar-refractivity contribution is 5.95. The number of rotatable bonds is 6. The summed E-state index contributed by atoms with van der Waals surface area (Å²) in [5.41, 5.74) is 0.712. The van der Waals surface area contributed by atoms with Gasteiger partial charge < -0.3 is 9.47 Å². The van der Waals surface area contributed by atoms with Crippen molar-refractivity contribution in [2.24, 2.45) is 4.99 Å². The molecule has 0 radical (unpaired) electrons. The van der Waals surface area contributed by atoms with Gasteiger partial charge >= 0.3 is 0 Å². The van der Waals surface area contributed by atoms with E-state index < -0.39 is 11.6 Å². The van der Waals surface area contributed by atoms with Crippen LogP contribution < -0.4 is 4.74 Å². The fourth-order valence-electron chi connectivity index (χ4n) is 2.50. The standard InChI is InChI=1S/C19H19F2NO2/c1-2-3-11-23-14-9-7-13(8-10-14)17-12-24-19(22-17)18-15(20)5-4-6-16(18)21/h4-10,17H,2-3,11-12H2,1H3. The molecule has 3 nitrogen and oxygen atoms in total. The molecule has 0 saturated carbocycles. The molecule has 24 heavy (non-hydrogen) atoms. The maximum atomic E-state index is 13.8. The Hall–Kier alpha value is -2.43. The topological polar surface area (TPSA) is 30.8 Å². The van der Waals surface area contributed by atoms with E-state index in [2.05, 4.69) is 11.9 Å². The average molecular weight is 331 g/mol. The predicted octanol–water partition coefficient (Wildman–Crippen LogP) is 4.66. The zero-order valence-electron chi connectivity index (χ0n) is 13.5. The number of hydrogen-bond donors (Lipinski definition) is 0. The number of aliphatic imine (C=N–C) groups is 1. The van der Waals surface area contributed by atoms with Gasteiger partial charge in [0.15, 0.2) is 0 Å². The van der Waals surface area contributed by atoms with E-state index in [4.69, 9.17) is 9.47 Å². The van der Waals surface area contributed by atoms with E-state index in [0.717, 1.165) is 24.2 Å². The second kappa shape index (κ2) is 7.43. The summed E-state index contributed by atoms with van der Waals surface area (Å²) in [5, 5.41) is 0. The summed E-state index contributed by atoms with van der Waals surface area (Å²) in [6.45, 7) is 3.07. The first-order valence-corrected chi connectivity index (χ1v) is 8.06. The largest absolute Gasteiger partial charge is 0.494 e. The molecule has 2 aromatic carbocycles. The summed E-state index contributed by atoms with van der Waals surface area (Å²) < 4.78 is 38.7. The second-order valence-corrected chi connectivity index (χ2v) is 5.63. The Morgan fingerprint density at radius 1 is 1.12 bits per heavy atom. The number of ether oxygens (including phenoxy) is 2. The molecular weight excluding hydrogens is 312 g/mol. The molecule has 5 heteroatoms. The molecule has 1 unspecified atom stereocenters. The van der Waals surface area contributed by atoms with Crippen molar-refractivity contribution in [3.63, 3.8) is 0 Å². The number of benzene rings is 2. The van der Waals surface area contributed by atoms with Crippen molar-refractivity contribution in [1.82, 2.24) is 0 Å². The lowest BCUT2D eigenvalue weighted by Gasteiger charge is -2.08. The third-order valence-electron chi connectivity index (χ3n) is 3.86. The third kappa shape index (κ3) is 3.55. The van der Waals surface area contributed by atoms with E-state index in [9.17, 15) is 8.78 Å². The van der Waals surface area contributed by atoms with E-state index in [0.29, 0.717) is 6.61 Å². The van der Waals surface area contributed by atoms with E-state index in [1.807, 2.05) is 24.3 Å². The van der Waals surface area contributed by atoms with Gasteiger partial charge in [0.1, 0.15) is 35.6 Å². The van der Waals surface area contributed by atoms with Gasteiger partial charge in [-0.1, -0.05) is 31.5 Å². The molecular formula is C19H19F2NO2. The Morgan fingerprint density at radius 2 is 1.83 bits per heavy atom. The van der Waals surface area contributed by atoms with Crippen LogP contribution in [0.15, 0.2) is 47.5 Å². The number of unbranched alkanes of at least 4 members (excludes halogenated alkanes) is 1. The fourth-order valence-corrected chi connectivity index (χ4v) is 2.50. The van der Waals surface area contributed by atoms with Crippen LogP contribution in [0.3, 0.4) is 0 Å². The minimum Gasteiger partial charge on any atom is -0.494 e. The first-order chi connectivity index (χ1) is 11.7. The average Bonchev–Trinajstić information content (AvgIpc) is 3.05. The Balaban J connectivity index is 1.74. The Bertz CT molecular complexity index is 708. The fraction of sp³-hybridized carbons (Fsp3) is 0.316. The summed E-state index contributed by atoms with van der Waals surface area (Å²) in [6.07, 6.45) is 2.10. The van der Waals surface area contributed by atoms with Crippen molar-refractivity contribution in [3.05, 3.63) is 65.2 Å². The lowest BCUT2D eigenvalue weighted by atomic mass is 10.1. The lowest BCUT2D eigenvalue weighted by Crippen LogP contribution is -2.07. The molecule has 3 rings (SSSR count). The van der Waals surface area contributed by atoms with E-state index >= 15 is 0 Å². The van der Waals surface area contributed by atoms with Gasteiger partial charge in [-0.3, -0.25) is 0 Å². The molecule has 1 aliphatic heterocycles. The van der Waals surface area contributed by atoms with Gasteiger partial charge in [0.2, 0.25) is 5.90 Å². The maximum Gasteiger partial charge on any atom is 0.222 e. The summed E-state index contributed by atoms with van der Waals surface area (Å²) in [6, 6.07) is 11.0. The summed E-state index contributed by atoms with van der Waals surface area (Å²) >= 11 is 0. The normalized spacial score (nSPS) is 16.6. The van der Waals surface area contributed by atoms with Crippen molar-refractivity contribution in [2.45, 2.75) is 25.8 Å². The Morgan fingerprint density at radius 3 is 2.50 bits per heavy atom. The van der Waals surface area contributed by atoms with Crippen molar-refractivity contribution < 1.29 is 18.3 Å². The van der Waals surface area contributed by atoms with Gasteiger partial charge in [0.25, 0.3) is 0 Å². The minimum absolute atomic E-state index is 0.0128. The summed E-state index contributed by atoms with van der Waals surface area (Å²) in [5.74, 6) is -0.530. The number of nitrogens with zero attached hydrogens (tertiary/aromatic N) is 1. The minimum atomic E-state index is -0.672. The molecule has 0 spiro atoms. The van der Waals surface area contributed by atoms with Gasteiger partial charge in [-0.15, -0.1) is 0 Å². The van der Waals surface area contributed by atoms with Gasteiger partial charge in [-0.05, 0) is 36.2 Å². The van der Waals surface area contributed by atoms with Crippen LogP contribution in [0.5, 0.6) is 5.75 Å². The van der Waals surface area contributed by atoms with Crippen LogP contribution in [0.1, 0.15) is 36.9 Å². The second-order valence-electron chi connectivity index (χ2n) is 5.63. The monoisotopic (exact) mass is 331 g/mol. The quantitative estimate of drug-likeness (QED) is 0.721. The molecule has 2 aromatic rings. The van der Waals surface area contributed by atoms with Crippen LogP contribution in [-0.2, 0) is 4.74 Å². The van der Waals surface area contributed by atoms with Crippen LogP contribution in [-0.4, -0.2) is 19.1 Å². The third-order valence-corrected chi connectivity index (χ3v) is 3.86. The highest BCUT2D eigenvalue weighted by Gasteiger charge is 2.26. The molecule has 1 heterocycles. The van der Waals surface area contributed by atoms with Crippen molar-refractivity contribution >= 4 is 5.90 Å². The molecule has 0 aromatic heterocycles. The molecule has 0 N–H and O–H groups in total. The number of hydrogen-bond acceptors (Lipinski definition) is 3. The SMILES string of the molecule is CCCCOc1ccc(C2COC(c3c(F)cccc3F)=N2)cc1. The number of halogens is 2. The predicted molar refractivity (Wildman–Crippen MR) is 88.4 cm³/mol. The highest BCUT2D eigenvalue weighted by Crippen LogP contribution is 2.28. The zero-order valence-corrected chi connectivity index (χ0v) is 13.5. The molecule has 0 amide bonds. The smallest absolute Gasteiger partial charge is 0.222 e. The van der Waals surface area contributed by atoms with E-state index in [-0.39, 0.29) is 24.1 Å². The van der Waals surface area contributed by atoms with Crippen LogP contribution in [0, 0.1) is 11.6 Å². The molecule has 0 saturated heterocycles. The molecule has 1 aliphatic rings. The van der Waals surface area contributed by atoms with Crippen molar-refractivity contribution in [1.29, 1.82) is 0 Å². The highest BCUT2D eigenvalue weighted by atomic mass is 19.1. The first-order valence-electron chi connectivity index (χ1n) is 8.06. The molecule has 1 atom stereocenters. The summed E-state index contributed by atoms with van der Waals surface area (Å²) in [4.78, 5) is 4.33. The maximum absolute atomic E-state index is 13.8. The van der Waals surface area contributed by atoms with Gasteiger partial charge in [0.05, 0.1) is 6.61 Å². The van der Waals surface area contributed by atoms with Crippen molar-refractivity contribution in [3.8, 4) is 5.75 Å².